The van der Waals surface area contributed by atoms with Crippen LogP contribution in [0.5, 0.6) is 11.5 Å². The van der Waals surface area contributed by atoms with Crippen molar-refractivity contribution in [3.63, 3.8) is 0 Å². The normalized spacial score (nSPS) is 11.0. The second-order valence-electron chi connectivity index (χ2n) is 9.96. The van der Waals surface area contributed by atoms with E-state index in [1.807, 2.05) is 0 Å². The fraction of sp³-hybridized carbons (Fsp3) is 0.594. The Bertz CT molecular complexity index is 896. The summed E-state index contributed by atoms with van der Waals surface area (Å²) in [6, 6.07) is 9.40. The number of carbonyl (C=O) groups is 1. The Morgan fingerprint density at radius 2 is 1.19 bits per heavy atom. The Kier molecular flexibility index (Phi) is 15.6. The van der Waals surface area contributed by atoms with Gasteiger partial charge in [-0.1, -0.05) is 103 Å². The largest absolute Gasteiger partial charge is 0.494 e. The number of esters is 1. The molecule has 0 aliphatic rings. The summed E-state index contributed by atoms with van der Waals surface area (Å²) in [5.74, 6) is -2.48. The van der Waals surface area contributed by atoms with E-state index in [9.17, 15) is 13.6 Å². The first kappa shape index (κ1) is 30.8. The zero-order chi connectivity index (χ0) is 26.7. The monoisotopic (exact) mass is 516 g/mol. The SMILES string of the molecule is CCCCCCCCCCCc1ccc(OC(=O)c2ccc(OCCCCCCCC)cc2)c(F)c1F. The minimum atomic E-state index is -1.11. The van der Waals surface area contributed by atoms with E-state index in [0.717, 1.165) is 32.1 Å². The van der Waals surface area contributed by atoms with Crippen molar-refractivity contribution < 1.29 is 23.0 Å². The molecule has 37 heavy (non-hydrogen) atoms. The van der Waals surface area contributed by atoms with Crippen molar-refractivity contribution in [2.75, 3.05) is 6.61 Å². The zero-order valence-electron chi connectivity index (χ0n) is 23.0. The minimum Gasteiger partial charge on any atom is -0.494 e. The van der Waals surface area contributed by atoms with Gasteiger partial charge in [-0.3, -0.25) is 0 Å². The molecule has 0 aromatic heterocycles. The lowest BCUT2D eigenvalue weighted by Gasteiger charge is -2.10. The van der Waals surface area contributed by atoms with Crippen LogP contribution in [0.3, 0.4) is 0 Å². The van der Waals surface area contributed by atoms with E-state index in [0.29, 0.717) is 24.3 Å². The fourth-order valence-corrected chi connectivity index (χ4v) is 4.39. The molecule has 0 unspecified atom stereocenters. The summed E-state index contributed by atoms with van der Waals surface area (Å²) in [5, 5.41) is 0. The van der Waals surface area contributed by atoms with E-state index in [-0.39, 0.29) is 11.3 Å². The number of halogens is 2. The predicted octanol–water partition coefficient (Wildman–Crippen LogP) is 10.00. The Labute approximate surface area is 223 Å². The van der Waals surface area contributed by atoms with Crippen LogP contribution in [-0.2, 0) is 6.42 Å². The van der Waals surface area contributed by atoms with Gasteiger partial charge >= 0.3 is 5.97 Å². The summed E-state index contributed by atoms with van der Waals surface area (Å²) < 4.78 is 40.0. The Hall–Kier alpha value is -2.43. The number of ether oxygens (including phenoxy) is 2. The lowest BCUT2D eigenvalue weighted by molar-refractivity contribution is 0.0726. The van der Waals surface area contributed by atoms with Gasteiger partial charge in [0.15, 0.2) is 11.6 Å². The maximum absolute atomic E-state index is 14.6. The van der Waals surface area contributed by atoms with Crippen LogP contribution in [0.25, 0.3) is 0 Å². The first-order valence-corrected chi connectivity index (χ1v) is 14.5. The molecule has 0 aliphatic carbocycles. The third-order valence-electron chi connectivity index (χ3n) is 6.74. The third-order valence-corrected chi connectivity index (χ3v) is 6.74. The van der Waals surface area contributed by atoms with Crippen molar-refractivity contribution in [1.82, 2.24) is 0 Å². The summed E-state index contributed by atoms with van der Waals surface area (Å²) in [5.41, 5.74) is 0.581. The quantitative estimate of drug-likeness (QED) is 0.0997. The highest BCUT2D eigenvalue weighted by molar-refractivity contribution is 5.91. The molecule has 0 aliphatic heterocycles. The molecule has 2 aromatic carbocycles. The van der Waals surface area contributed by atoms with Gasteiger partial charge in [0, 0.05) is 0 Å². The van der Waals surface area contributed by atoms with Crippen LogP contribution < -0.4 is 9.47 Å². The Balaban J connectivity index is 1.73. The Morgan fingerprint density at radius 1 is 0.649 bits per heavy atom. The second kappa shape index (κ2) is 18.8. The van der Waals surface area contributed by atoms with Gasteiger partial charge in [-0.05, 0) is 55.2 Å². The molecule has 3 nitrogen and oxygen atoms in total. The number of benzene rings is 2. The number of rotatable bonds is 20. The maximum Gasteiger partial charge on any atom is 0.343 e. The van der Waals surface area contributed by atoms with E-state index in [2.05, 4.69) is 13.8 Å². The molecule has 0 bridgehead atoms. The molecule has 2 rings (SSSR count). The summed E-state index contributed by atoms with van der Waals surface area (Å²) in [6.45, 7) is 5.05. The topological polar surface area (TPSA) is 35.5 Å². The van der Waals surface area contributed by atoms with Gasteiger partial charge in [0.1, 0.15) is 5.75 Å². The molecule has 2 aromatic rings. The molecule has 0 spiro atoms. The van der Waals surface area contributed by atoms with Crippen molar-refractivity contribution in [3.05, 3.63) is 59.2 Å². The summed E-state index contributed by atoms with van der Waals surface area (Å²) >= 11 is 0. The first-order valence-electron chi connectivity index (χ1n) is 14.5. The molecule has 0 radical (unpaired) electrons. The average molecular weight is 517 g/mol. The van der Waals surface area contributed by atoms with Crippen LogP contribution in [0.1, 0.15) is 126 Å². The van der Waals surface area contributed by atoms with Crippen molar-refractivity contribution in [2.24, 2.45) is 0 Å². The van der Waals surface area contributed by atoms with E-state index in [1.54, 1.807) is 24.3 Å². The van der Waals surface area contributed by atoms with Gasteiger partial charge in [-0.2, -0.15) is 4.39 Å². The molecule has 0 atom stereocenters. The Morgan fingerprint density at radius 3 is 1.78 bits per heavy atom. The average Bonchev–Trinajstić information content (AvgIpc) is 2.91. The number of unbranched alkanes of at least 4 members (excludes halogenated alkanes) is 13. The van der Waals surface area contributed by atoms with Crippen molar-refractivity contribution in [1.29, 1.82) is 0 Å². The molecule has 0 amide bonds. The van der Waals surface area contributed by atoms with Crippen molar-refractivity contribution >= 4 is 5.97 Å². The van der Waals surface area contributed by atoms with E-state index in [4.69, 9.17) is 9.47 Å². The highest BCUT2D eigenvalue weighted by atomic mass is 19.2. The van der Waals surface area contributed by atoms with Crippen molar-refractivity contribution in [3.8, 4) is 11.5 Å². The predicted molar refractivity (Wildman–Crippen MR) is 148 cm³/mol. The number of hydrogen-bond donors (Lipinski definition) is 0. The molecular formula is C32H46F2O3. The molecular weight excluding hydrogens is 470 g/mol. The highest BCUT2D eigenvalue weighted by Gasteiger charge is 2.18. The number of carbonyl (C=O) groups excluding carboxylic acids is 1. The van der Waals surface area contributed by atoms with Gasteiger partial charge < -0.3 is 9.47 Å². The van der Waals surface area contributed by atoms with Gasteiger partial charge in [0.05, 0.1) is 12.2 Å². The van der Waals surface area contributed by atoms with Crippen LogP contribution in [-0.4, -0.2) is 12.6 Å². The first-order chi connectivity index (χ1) is 18.1. The van der Waals surface area contributed by atoms with Gasteiger partial charge in [-0.15, -0.1) is 0 Å². The fourth-order valence-electron chi connectivity index (χ4n) is 4.39. The van der Waals surface area contributed by atoms with Crippen LogP contribution in [0.2, 0.25) is 0 Å². The zero-order valence-corrected chi connectivity index (χ0v) is 23.0. The number of hydrogen-bond acceptors (Lipinski definition) is 3. The lowest BCUT2D eigenvalue weighted by Crippen LogP contribution is -2.11. The summed E-state index contributed by atoms with van der Waals surface area (Å²) in [4.78, 5) is 12.5. The van der Waals surface area contributed by atoms with Gasteiger partial charge in [0.25, 0.3) is 0 Å². The maximum atomic E-state index is 14.6. The number of aryl methyl sites for hydroxylation is 1. The molecule has 5 heteroatoms. The van der Waals surface area contributed by atoms with E-state index < -0.39 is 17.6 Å². The van der Waals surface area contributed by atoms with Gasteiger partial charge in [-0.25, -0.2) is 9.18 Å². The summed E-state index contributed by atoms with van der Waals surface area (Å²) in [7, 11) is 0. The third kappa shape index (κ3) is 12.1. The van der Waals surface area contributed by atoms with Crippen LogP contribution >= 0.6 is 0 Å². The smallest absolute Gasteiger partial charge is 0.343 e. The van der Waals surface area contributed by atoms with Gasteiger partial charge in [0.2, 0.25) is 5.82 Å². The van der Waals surface area contributed by atoms with Crippen LogP contribution in [0.4, 0.5) is 8.78 Å². The van der Waals surface area contributed by atoms with Crippen molar-refractivity contribution in [2.45, 2.75) is 117 Å². The standard InChI is InChI=1S/C32H46F2O3/c1-3-5-7-9-11-12-13-14-16-18-26-21-24-29(31(34)30(26)33)37-32(35)27-19-22-28(23-20-27)36-25-17-15-10-8-6-4-2/h19-24H,3-18,25H2,1-2H3. The van der Waals surface area contributed by atoms with E-state index in [1.165, 1.54) is 76.3 Å². The minimum absolute atomic E-state index is 0.255. The molecule has 0 fully saturated rings. The molecule has 206 valence electrons. The lowest BCUT2D eigenvalue weighted by atomic mass is 10.0. The summed E-state index contributed by atoms with van der Waals surface area (Å²) in [6.07, 6.45) is 18.1. The second-order valence-corrected chi connectivity index (χ2v) is 9.96. The molecule has 0 N–H and O–H groups in total. The molecule has 0 saturated heterocycles. The van der Waals surface area contributed by atoms with Crippen LogP contribution in [0, 0.1) is 11.6 Å². The van der Waals surface area contributed by atoms with E-state index >= 15 is 0 Å². The molecule has 0 saturated carbocycles. The van der Waals surface area contributed by atoms with Crippen LogP contribution in [0.15, 0.2) is 36.4 Å². The molecule has 0 heterocycles. The highest BCUT2D eigenvalue weighted by Crippen LogP contribution is 2.25.